The lowest BCUT2D eigenvalue weighted by molar-refractivity contribution is 0.0289. The zero-order valence-corrected chi connectivity index (χ0v) is 13.4. The van der Waals surface area contributed by atoms with Crippen molar-refractivity contribution in [3.05, 3.63) is 0 Å². The van der Waals surface area contributed by atoms with E-state index in [-0.39, 0.29) is 6.03 Å². The summed E-state index contributed by atoms with van der Waals surface area (Å²) < 4.78 is 10.8. The van der Waals surface area contributed by atoms with E-state index in [2.05, 4.69) is 4.90 Å². The van der Waals surface area contributed by atoms with Crippen molar-refractivity contribution in [3.63, 3.8) is 0 Å². The molecule has 6 heteroatoms. The Hall–Kier alpha value is -0.850. The topological polar surface area (TPSA) is 45.3 Å². The molecule has 2 fully saturated rings. The van der Waals surface area contributed by atoms with Crippen molar-refractivity contribution in [1.82, 2.24) is 14.7 Å². The molecule has 122 valence electrons. The fourth-order valence-corrected chi connectivity index (χ4v) is 2.98. The molecular formula is C15H29N3O3. The number of carbonyl (C=O) groups excluding carboxylic acids is 1. The van der Waals surface area contributed by atoms with E-state index in [4.69, 9.17) is 9.47 Å². The Kier molecular flexibility index (Phi) is 6.73. The fraction of sp³-hybridized carbons (Fsp3) is 0.933. The van der Waals surface area contributed by atoms with Crippen LogP contribution in [0.4, 0.5) is 4.79 Å². The molecule has 0 aromatic rings. The molecule has 0 aliphatic carbocycles. The molecule has 0 N–H and O–H groups in total. The van der Waals surface area contributed by atoms with Crippen LogP contribution in [0.25, 0.3) is 0 Å². The predicted octanol–water partition coefficient (Wildman–Crippen LogP) is 0.871. The van der Waals surface area contributed by atoms with Crippen molar-refractivity contribution in [1.29, 1.82) is 0 Å². The number of urea groups is 1. The van der Waals surface area contributed by atoms with Gasteiger partial charge in [-0.25, -0.2) is 4.79 Å². The average molecular weight is 299 g/mol. The maximum Gasteiger partial charge on any atom is 0.319 e. The van der Waals surface area contributed by atoms with Crippen LogP contribution in [0.1, 0.15) is 19.3 Å². The zero-order chi connectivity index (χ0) is 15.1. The molecule has 0 atom stereocenters. The SMILES string of the molecule is CN(C)C(=O)N(CCCN1CCOCC1)C1CCOCC1. The minimum atomic E-state index is 0.129. The standard InChI is InChI=1S/C15H29N3O3/c1-16(2)15(19)18(14-4-10-20-11-5-14)7-3-6-17-8-12-21-13-9-17/h14H,3-13H2,1-2H3. The van der Waals surface area contributed by atoms with Gasteiger partial charge in [-0.2, -0.15) is 0 Å². The molecule has 0 unspecified atom stereocenters. The molecule has 21 heavy (non-hydrogen) atoms. The Morgan fingerprint density at radius 2 is 1.71 bits per heavy atom. The monoisotopic (exact) mass is 299 g/mol. The summed E-state index contributed by atoms with van der Waals surface area (Å²) >= 11 is 0. The molecule has 2 rings (SSSR count). The maximum absolute atomic E-state index is 12.4. The lowest BCUT2D eigenvalue weighted by Crippen LogP contribution is -2.49. The first-order valence-corrected chi connectivity index (χ1v) is 8.04. The van der Waals surface area contributed by atoms with Gasteiger partial charge in [-0.15, -0.1) is 0 Å². The van der Waals surface area contributed by atoms with Crippen molar-refractivity contribution in [2.24, 2.45) is 0 Å². The Bertz CT molecular complexity index is 313. The normalized spacial score (nSPS) is 21.2. The second kappa shape index (κ2) is 8.56. The molecule has 0 aromatic heterocycles. The van der Waals surface area contributed by atoms with E-state index in [0.717, 1.165) is 71.9 Å². The van der Waals surface area contributed by atoms with E-state index < -0.39 is 0 Å². The van der Waals surface area contributed by atoms with E-state index in [1.165, 1.54) is 0 Å². The van der Waals surface area contributed by atoms with Gasteiger partial charge in [-0.05, 0) is 19.3 Å². The van der Waals surface area contributed by atoms with Gasteiger partial charge in [0.15, 0.2) is 0 Å². The van der Waals surface area contributed by atoms with Crippen LogP contribution in [0.5, 0.6) is 0 Å². The molecule has 0 bridgehead atoms. The maximum atomic E-state index is 12.4. The van der Waals surface area contributed by atoms with Crippen molar-refractivity contribution < 1.29 is 14.3 Å². The van der Waals surface area contributed by atoms with Crippen LogP contribution in [0.15, 0.2) is 0 Å². The third-order valence-electron chi connectivity index (χ3n) is 4.24. The predicted molar refractivity (Wildman–Crippen MR) is 81.5 cm³/mol. The number of ether oxygens (including phenoxy) is 2. The molecule has 0 aromatic carbocycles. The summed E-state index contributed by atoms with van der Waals surface area (Å²) in [5.74, 6) is 0. The molecule has 0 saturated carbocycles. The number of amides is 2. The summed E-state index contributed by atoms with van der Waals surface area (Å²) in [6.45, 7) is 7.11. The van der Waals surface area contributed by atoms with Crippen LogP contribution in [0.2, 0.25) is 0 Å². The minimum Gasteiger partial charge on any atom is -0.381 e. The van der Waals surface area contributed by atoms with Crippen LogP contribution < -0.4 is 0 Å². The van der Waals surface area contributed by atoms with Crippen molar-refractivity contribution in [2.45, 2.75) is 25.3 Å². The van der Waals surface area contributed by atoms with Gasteiger partial charge in [0, 0.05) is 59.5 Å². The zero-order valence-electron chi connectivity index (χ0n) is 13.4. The van der Waals surface area contributed by atoms with Crippen molar-refractivity contribution >= 4 is 6.03 Å². The highest BCUT2D eigenvalue weighted by atomic mass is 16.5. The molecule has 0 spiro atoms. The van der Waals surface area contributed by atoms with Gasteiger partial charge in [0.25, 0.3) is 0 Å². The number of morpholine rings is 1. The number of hydrogen-bond acceptors (Lipinski definition) is 4. The fourth-order valence-electron chi connectivity index (χ4n) is 2.98. The highest BCUT2D eigenvalue weighted by Crippen LogP contribution is 2.16. The molecule has 0 radical (unpaired) electrons. The number of nitrogens with zero attached hydrogens (tertiary/aromatic N) is 3. The summed E-state index contributed by atoms with van der Waals surface area (Å²) in [5.41, 5.74) is 0. The summed E-state index contributed by atoms with van der Waals surface area (Å²) in [6, 6.07) is 0.460. The van der Waals surface area contributed by atoms with Gasteiger partial charge in [0.2, 0.25) is 0 Å². The second-order valence-electron chi connectivity index (χ2n) is 6.02. The molecule has 2 saturated heterocycles. The summed E-state index contributed by atoms with van der Waals surface area (Å²) in [7, 11) is 3.66. The largest absolute Gasteiger partial charge is 0.381 e. The summed E-state index contributed by atoms with van der Waals surface area (Å²) in [5, 5.41) is 0. The van der Waals surface area contributed by atoms with E-state index in [1.807, 2.05) is 19.0 Å². The van der Waals surface area contributed by atoms with Gasteiger partial charge in [0.1, 0.15) is 0 Å². The van der Waals surface area contributed by atoms with Crippen LogP contribution in [-0.2, 0) is 9.47 Å². The van der Waals surface area contributed by atoms with E-state index in [9.17, 15) is 4.79 Å². The van der Waals surface area contributed by atoms with Crippen molar-refractivity contribution in [3.8, 4) is 0 Å². The third kappa shape index (κ3) is 5.13. The molecule has 2 aliphatic heterocycles. The first-order valence-electron chi connectivity index (χ1n) is 8.04. The molecular weight excluding hydrogens is 270 g/mol. The van der Waals surface area contributed by atoms with E-state index in [0.29, 0.717) is 6.04 Å². The third-order valence-corrected chi connectivity index (χ3v) is 4.24. The second-order valence-corrected chi connectivity index (χ2v) is 6.02. The first-order chi connectivity index (χ1) is 10.2. The lowest BCUT2D eigenvalue weighted by atomic mass is 10.1. The Morgan fingerprint density at radius 3 is 2.33 bits per heavy atom. The first kappa shape index (κ1) is 16.5. The lowest BCUT2D eigenvalue weighted by Gasteiger charge is -2.36. The highest BCUT2D eigenvalue weighted by Gasteiger charge is 2.26. The quantitative estimate of drug-likeness (QED) is 0.756. The smallest absolute Gasteiger partial charge is 0.319 e. The van der Waals surface area contributed by atoms with Gasteiger partial charge in [0.05, 0.1) is 13.2 Å². The Labute approximate surface area is 128 Å². The Balaban J connectivity index is 1.81. The van der Waals surface area contributed by atoms with Gasteiger partial charge >= 0.3 is 6.03 Å². The van der Waals surface area contributed by atoms with Crippen LogP contribution in [-0.4, -0.2) is 93.5 Å². The van der Waals surface area contributed by atoms with Gasteiger partial charge in [-0.3, -0.25) is 4.90 Å². The van der Waals surface area contributed by atoms with Gasteiger partial charge < -0.3 is 19.3 Å². The van der Waals surface area contributed by atoms with E-state index >= 15 is 0 Å². The number of carbonyl (C=O) groups is 1. The highest BCUT2D eigenvalue weighted by molar-refractivity contribution is 5.74. The van der Waals surface area contributed by atoms with E-state index in [1.54, 1.807) is 4.90 Å². The summed E-state index contributed by atoms with van der Waals surface area (Å²) in [6.07, 6.45) is 2.94. The Morgan fingerprint density at radius 1 is 1.10 bits per heavy atom. The molecule has 6 nitrogen and oxygen atoms in total. The number of hydrogen-bond donors (Lipinski definition) is 0. The molecule has 2 heterocycles. The van der Waals surface area contributed by atoms with Crippen LogP contribution in [0.3, 0.4) is 0 Å². The molecule has 2 aliphatic rings. The average Bonchev–Trinajstić information content (AvgIpc) is 2.53. The van der Waals surface area contributed by atoms with Gasteiger partial charge in [-0.1, -0.05) is 0 Å². The minimum absolute atomic E-state index is 0.129. The van der Waals surface area contributed by atoms with Crippen LogP contribution >= 0.6 is 0 Å². The number of rotatable bonds is 5. The molecule has 2 amide bonds. The summed E-state index contributed by atoms with van der Waals surface area (Å²) in [4.78, 5) is 18.6. The van der Waals surface area contributed by atoms with Crippen molar-refractivity contribution in [2.75, 3.05) is 66.7 Å². The van der Waals surface area contributed by atoms with Crippen LogP contribution in [0, 0.1) is 0 Å².